The molecule has 0 N–H and O–H groups in total. The van der Waals surface area contributed by atoms with Gasteiger partial charge in [0.2, 0.25) is 0 Å². The summed E-state index contributed by atoms with van der Waals surface area (Å²) in [5.74, 6) is 0.550. The Bertz CT molecular complexity index is 513. The van der Waals surface area contributed by atoms with E-state index in [4.69, 9.17) is 11.6 Å². The summed E-state index contributed by atoms with van der Waals surface area (Å²) in [4.78, 5) is 16.5. The van der Waals surface area contributed by atoms with Crippen molar-refractivity contribution < 1.29 is 4.79 Å². The number of halogens is 1. The van der Waals surface area contributed by atoms with Crippen molar-refractivity contribution in [3.8, 4) is 0 Å². The van der Waals surface area contributed by atoms with Crippen molar-refractivity contribution in [2.75, 3.05) is 11.9 Å². The molecule has 0 aliphatic rings. The van der Waals surface area contributed by atoms with E-state index in [1.54, 1.807) is 13.1 Å². The number of amides is 1. The van der Waals surface area contributed by atoms with Crippen LogP contribution in [0, 0.1) is 0 Å². The Labute approximate surface area is 92.3 Å². The van der Waals surface area contributed by atoms with Crippen molar-refractivity contribution in [3.05, 3.63) is 36.4 Å². The Hall–Kier alpha value is -1.61. The van der Waals surface area contributed by atoms with Crippen LogP contribution >= 0.6 is 11.6 Å². The van der Waals surface area contributed by atoms with Gasteiger partial charge >= 0.3 is 5.37 Å². The molecule has 0 radical (unpaired) electrons. The zero-order chi connectivity index (χ0) is 10.8. The number of nitrogens with zero attached hydrogens (tertiary/aromatic N) is 2. The van der Waals surface area contributed by atoms with Gasteiger partial charge in [-0.2, -0.15) is 0 Å². The molecular weight excluding hydrogens is 212 g/mol. The largest absolute Gasteiger partial charge is 0.321 e. The Morgan fingerprint density at radius 2 is 2.00 bits per heavy atom. The topological polar surface area (TPSA) is 33.2 Å². The number of hydrogen-bond donors (Lipinski definition) is 0. The Morgan fingerprint density at radius 3 is 2.73 bits per heavy atom. The van der Waals surface area contributed by atoms with Gasteiger partial charge in [-0.3, -0.25) is 9.69 Å². The van der Waals surface area contributed by atoms with E-state index in [0.717, 1.165) is 10.9 Å². The van der Waals surface area contributed by atoms with E-state index in [1.165, 1.54) is 4.90 Å². The molecule has 2 rings (SSSR count). The van der Waals surface area contributed by atoms with Crippen molar-refractivity contribution in [1.82, 2.24) is 4.98 Å². The lowest BCUT2D eigenvalue weighted by Gasteiger charge is -2.12. The molecule has 0 fully saturated rings. The SMILES string of the molecule is CN(C(=O)Cl)c1ccc2ccccc2n1. The quantitative estimate of drug-likeness (QED) is 0.547. The van der Waals surface area contributed by atoms with Gasteiger partial charge in [-0.15, -0.1) is 0 Å². The predicted octanol–water partition coefficient (Wildman–Crippen LogP) is 3.03. The Balaban J connectivity index is 2.51. The van der Waals surface area contributed by atoms with Gasteiger partial charge in [-0.05, 0) is 29.8 Å². The van der Waals surface area contributed by atoms with E-state index in [0.29, 0.717) is 5.82 Å². The maximum atomic E-state index is 10.9. The normalized spacial score (nSPS) is 10.3. The standard InChI is InChI=1S/C11H9ClN2O/c1-14(11(12)15)10-7-6-8-4-2-3-5-9(8)13-10/h2-7H,1H3. The van der Waals surface area contributed by atoms with E-state index in [-0.39, 0.29) is 0 Å². The number of aromatic nitrogens is 1. The van der Waals surface area contributed by atoms with Crippen LogP contribution in [-0.4, -0.2) is 17.4 Å². The van der Waals surface area contributed by atoms with Crippen LogP contribution in [0.3, 0.4) is 0 Å². The second-order valence-corrected chi connectivity index (χ2v) is 3.50. The summed E-state index contributed by atoms with van der Waals surface area (Å²) >= 11 is 5.36. The average molecular weight is 221 g/mol. The summed E-state index contributed by atoms with van der Waals surface area (Å²) < 4.78 is 0. The number of carbonyl (C=O) groups is 1. The van der Waals surface area contributed by atoms with E-state index < -0.39 is 5.37 Å². The molecule has 1 heterocycles. The van der Waals surface area contributed by atoms with Crippen LogP contribution in [0.5, 0.6) is 0 Å². The molecule has 0 saturated heterocycles. The molecule has 15 heavy (non-hydrogen) atoms. The highest BCUT2D eigenvalue weighted by Gasteiger charge is 2.08. The minimum Gasteiger partial charge on any atom is -0.286 e. The molecule has 3 nitrogen and oxygen atoms in total. The second-order valence-electron chi connectivity index (χ2n) is 3.17. The summed E-state index contributed by atoms with van der Waals surface area (Å²) in [7, 11) is 1.59. The molecule has 2 aromatic rings. The van der Waals surface area contributed by atoms with E-state index in [9.17, 15) is 4.79 Å². The molecule has 0 aliphatic heterocycles. The van der Waals surface area contributed by atoms with Crippen molar-refractivity contribution >= 4 is 33.7 Å². The molecule has 0 saturated carbocycles. The third-order valence-corrected chi connectivity index (χ3v) is 2.44. The molecule has 0 spiro atoms. The molecule has 0 atom stereocenters. The number of para-hydroxylation sites is 1. The number of carbonyl (C=O) groups excluding carboxylic acids is 1. The molecule has 0 unspecified atom stereocenters. The van der Waals surface area contributed by atoms with Gasteiger partial charge in [0.05, 0.1) is 5.52 Å². The Kier molecular flexibility index (Phi) is 2.56. The van der Waals surface area contributed by atoms with Gasteiger partial charge in [0, 0.05) is 12.4 Å². The maximum absolute atomic E-state index is 10.9. The van der Waals surface area contributed by atoms with Gasteiger partial charge in [-0.1, -0.05) is 18.2 Å². The van der Waals surface area contributed by atoms with Crippen molar-refractivity contribution in [2.24, 2.45) is 0 Å². The highest BCUT2D eigenvalue weighted by molar-refractivity contribution is 6.66. The number of fused-ring (bicyclic) bond motifs is 1. The van der Waals surface area contributed by atoms with E-state index >= 15 is 0 Å². The minimum atomic E-state index is -0.544. The molecular formula is C11H9ClN2O. The van der Waals surface area contributed by atoms with Crippen LogP contribution in [-0.2, 0) is 0 Å². The van der Waals surface area contributed by atoms with Crippen LogP contribution in [0.1, 0.15) is 0 Å². The average Bonchev–Trinajstić information content (AvgIpc) is 2.27. The summed E-state index contributed by atoms with van der Waals surface area (Å²) in [6.07, 6.45) is 0. The van der Waals surface area contributed by atoms with Gasteiger partial charge < -0.3 is 0 Å². The van der Waals surface area contributed by atoms with Crippen molar-refractivity contribution in [1.29, 1.82) is 0 Å². The molecule has 1 amide bonds. The highest BCUT2D eigenvalue weighted by atomic mass is 35.5. The van der Waals surface area contributed by atoms with Crippen molar-refractivity contribution in [3.63, 3.8) is 0 Å². The molecule has 1 aromatic heterocycles. The number of pyridine rings is 1. The van der Waals surface area contributed by atoms with Crippen LogP contribution in [0.25, 0.3) is 10.9 Å². The second kappa shape index (κ2) is 3.87. The van der Waals surface area contributed by atoms with Gasteiger partial charge in [0.1, 0.15) is 5.82 Å². The number of benzene rings is 1. The van der Waals surface area contributed by atoms with Crippen LogP contribution < -0.4 is 4.90 Å². The van der Waals surface area contributed by atoms with Gasteiger partial charge in [0.15, 0.2) is 0 Å². The number of hydrogen-bond acceptors (Lipinski definition) is 2. The smallest absolute Gasteiger partial charge is 0.286 e. The summed E-state index contributed by atoms with van der Waals surface area (Å²) in [5.41, 5.74) is 0.847. The van der Waals surface area contributed by atoms with E-state index in [2.05, 4.69) is 4.98 Å². The zero-order valence-corrected chi connectivity index (χ0v) is 8.90. The fraction of sp³-hybridized carbons (Fsp3) is 0.0909. The summed E-state index contributed by atoms with van der Waals surface area (Å²) in [5, 5.41) is 0.495. The zero-order valence-electron chi connectivity index (χ0n) is 8.14. The first kappa shape index (κ1) is 9.93. The summed E-state index contributed by atoms with van der Waals surface area (Å²) in [6.45, 7) is 0. The van der Waals surface area contributed by atoms with E-state index in [1.807, 2.05) is 30.3 Å². The molecule has 76 valence electrons. The third kappa shape index (κ3) is 1.92. The van der Waals surface area contributed by atoms with Crippen molar-refractivity contribution in [2.45, 2.75) is 0 Å². The first-order chi connectivity index (χ1) is 7.18. The Morgan fingerprint density at radius 1 is 1.27 bits per heavy atom. The highest BCUT2D eigenvalue weighted by Crippen LogP contribution is 2.17. The maximum Gasteiger partial charge on any atom is 0.321 e. The predicted molar refractivity (Wildman–Crippen MR) is 61.4 cm³/mol. The third-order valence-electron chi connectivity index (χ3n) is 2.19. The molecule has 4 heteroatoms. The first-order valence-corrected chi connectivity index (χ1v) is 4.85. The van der Waals surface area contributed by atoms with Gasteiger partial charge in [0.25, 0.3) is 0 Å². The number of anilines is 1. The monoisotopic (exact) mass is 220 g/mol. The lowest BCUT2D eigenvalue weighted by Crippen LogP contribution is -2.20. The van der Waals surface area contributed by atoms with Gasteiger partial charge in [-0.25, -0.2) is 4.98 Å². The van der Waals surface area contributed by atoms with Crippen LogP contribution in [0.2, 0.25) is 0 Å². The molecule has 0 aliphatic carbocycles. The first-order valence-electron chi connectivity index (χ1n) is 4.47. The minimum absolute atomic E-state index is 0.544. The number of rotatable bonds is 1. The fourth-order valence-electron chi connectivity index (χ4n) is 1.33. The lowest BCUT2D eigenvalue weighted by atomic mass is 10.2. The summed E-state index contributed by atoms with van der Waals surface area (Å²) in [6, 6.07) is 11.4. The van der Waals surface area contributed by atoms with Crippen LogP contribution in [0.15, 0.2) is 36.4 Å². The molecule has 0 bridgehead atoms. The van der Waals surface area contributed by atoms with Crippen LogP contribution in [0.4, 0.5) is 10.6 Å². The molecule has 1 aromatic carbocycles. The fourth-order valence-corrected chi connectivity index (χ4v) is 1.42. The lowest BCUT2D eigenvalue weighted by molar-refractivity contribution is 0.265.